The van der Waals surface area contributed by atoms with Gasteiger partial charge in [0.05, 0.1) is 12.2 Å². The quantitative estimate of drug-likeness (QED) is 0.116. The first-order valence-electron chi connectivity index (χ1n) is 17.4. The lowest BCUT2D eigenvalue weighted by Crippen LogP contribution is -2.64. The molecule has 0 unspecified atom stereocenters. The van der Waals surface area contributed by atoms with E-state index in [1.165, 1.54) is 58.3 Å². The highest BCUT2D eigenvalue weighted by Crippen LogP contribution is 2.77. The van der Waals surface area contributed by atoms with Crippen molar-refractivity contribution in [2.75, 3.05) is 6.61 Å². The van der Waals surface area contributed by atoms with Crippen LogP contribution in [0.15, 0.2) is 23.3 Å². The van der Waals surface area contributed by atoms with Crippen LogP contribution >= 0.6 is 0 Å². The number of carbonyl (C=O) groups excluding carboxylic acids is 3. The average Bonchev–Trinajstić information content (AvgIpc) is 3.39. The van der Waals surface area contributed by atoms with Crippen molar-refractivity contribution in [3.05, 3.63) is 23.3 Å². The summed E-state index contributed by atoms with van der Waals surface area (Å²) in [5.41, 5.74) is -2.79. The number of unbranched alkanes of at least 4 members (excludes halogenated alkanes) is 10. The minimum atomic E-state index is -1.45. The molecule has 2 fully saturated rings. The number of aliphatic hydroxyl groups is 2. The summed E-state index contributed by atoms with van der Waals surface area (Å²) < 4.78 is 12.4. The number of carbonyl (C=O) groups is 3. The SMILES string of the molecule is CCCCCCCCCCCCCC(=O)O[C@@]12[C@H](OC(C)=O)[C@@H](C)[C@@]3(O)[C@@H](C=C(CO)C[C@]4(C)C(=O)C(C)=C[C@@H]34)[C@@H]1C2(C)C. The van der Waals surface area contributed by atoms with Crippen LogP contribution in [0.4, 0.5) is 0 Å². The maximum atomic E-state index is 13.5. The molecule has 4 aliphatic carbocycles. The molecule has 0 bridgehead atoms. The topological polar surface area (TPSA) is 110 Å². The number of ketones is 1. The van der Waals surface area contributed by atoms with Crippen molar-refractivity contribution in [3.63, 3.8) is 0 Å². The molecule has 0 aliphatic heterocycles. The van der Waals surface area contributed by atoms with Gasteiger partial charge in [0.25, 0.3) is 0 Å². The molecular formula is C37H58O7. The van der Waals surface area contributed by atoms with Gasteiger partial charge < -0.3 is 19.7 Å². The van der Waals surface area contributed by atoms with Crippen molar-refractivity contribution >= 4 is 17.7 Å². The summed E-state index contributed by atoms with van der Waals surface area (Å²) in [5.74, 6) is -2.86. The number of rotatable bonds is 15. The Bertz CT molecular complexity index is 1150. The van der Waals surface area contributed by atoms with E-state index in [1.54, 1.807) is 6.92 Å². The third kappa shape index (κ3) is 5.85. The van der Waals surface area contributed by atoms with E-state index in [-0.39, 0.29) is 24.3 Å². The van der Waals surface area contributed by atoms with Crippen LogP contribution in [0, 0.1) is 34.5 Å². The van der Waals surface area contributed by atoms with Crippen molar-refractivity contribution in [3.8, 4) is 0 Å². The van der Waals surface area contributed by atoms with E-state index >= 15 is 0 Å². The predicted molar refractivity (Wildman–Crippen MR) is 170 cm³/mol. The summed E-state index contributed by atoms with van der Waals surface area (Å²) in [6.45, 7) is 12.9. The molecule has 4 aliphatic rings. The molecule has 0 spiro atoms. The monoisotopic (exact) mass is 614 g/mol. The minimum absolute atomic E-state index is 0.0301. The Morgan fingerprint density at radius 1 is 0.955 bits per heavy atom. The van der Waals surface area contributed by atoms with Crippen LogP contribution in [0.3, 0.4) is 0 Å². The first kappa shape index (κ1) is 34.9. The standard InChI is InChI=1S/C37H58O7/c1-8-9-10-11-12-13-14-15-16-17-18-19-30(40)44-37-31(34(37,5)6)28-21-27(23-38)22-35(7)29(20-24(2)32(35)41)36(28,42)25(3)33(37)43-26(4)39/h20-21,25,28-29,31,33,38,42H,8-19,22-23H2,1-7H3/t25-,28+,29-,31-,33-,35+,36-,37-/m1/s1. The van der Waals surface area contributed by atoms with Gasteiger partial charge >= 0.3 is 11.9 Å². The van der Waals surface area contributed by atoms with Crippen molar-refractivity contribution in [2.45, 2.75) is 149 Å². The summed E-state index contributed by atoms with van der Waals surface area (Å²) in [6.07, 6.45) is 16.7. The van der Waals surface area contributed by atoms with E-state index in [9.17, 15) is 24.6 Å². The Morgan fingerprint density at radius 3 is 2.07 bits per heavy atom. The highest BCUT2D eigenvalue weighted by Gasteiger charge is 2.87. The summed E-state index contributed by atoms with van der Waals surface area (Å²) in [6, 6.07) is 0. The van der Waals surface area contributed by atoms with Crippen LogP contribution in [0.25, 0.3) is 0 Å². The van der Waals surface area contributed by atoms with Gasteiger partial charge in [0.2, 0.25) is 0 Å². The maximum Gasteiger partial charge on any atom is 0.306 e. The second kappa shape index (κ2) is 13.4. The largest absolute Gasteiger partial charge is 0.458 e. The zero-order chi connectivity index (χ0) is 32.5. The van der Waals surface area contributed by atoms with Crippen molar-refractivity contribution in [1.82, 2.24) is 0 Å². The third-order valence-corrected chi connectivity index (χ3v) is 11.9. The highest BCUT2D eigenvalue weighted by molar-refractivity contribution is 6.02. The summed E-state index contributed by atoms with van der Waals surface area (Å²) in [4.78, 5) is 39.4. The van der Waals surface area contributed by atoms with E-state index in [1.807, 2.05) is 39.8 Å². The molecule has 2 saturated carbocycles. The number of hydrogen-bond donors (Lipinski definition) is 2. The highest BCUT2D eigenvalue weighted by atomic mass is 16.6. The summed E-state index contributed by atoms with van der Waals surface area (Å²) >= 11 is 0. The minimum Gasteiger partial charge on any atom is -0.458 e. The molecule has 2 N–H and O–H groups in total. The fourth-order valence-electron chi connectivity index (χ4n) is 9.58. The average molecular weight is 615 g/mol. The van der Waals surface area contributed by atoms with Crippen LogP contribution in [-0.2, 0) is 23.9 Å². The van der Waals surface area contributed by atoms with E-state index < -0.39 is 51.9 Å². The number of ether oxygens (including phenoxy) is 2. The zero-order valence-electron chi connectivity index (χ0n) is 28.4. The molecule has 44 heavy (non-hydrogen) atoms. The molecule has 0 amide bonds. The Balaban J connectivity index is 1.50. The van der Waals surface area contributed by atoms with Gasteiger partial charge in [0.1, 0.15) is 6.10 Å². The van der Waals surface area contributed by atoms with E-state index in [0.29, 0.717) is 24.0 Å². The molecule has 248 valence electrons. The molecule has 0 radical (unpaired) electrons. The lowest BCUT2D eigenvalue weighted by molar-refractivity contribution is -0.223. The van der Waals surface area contributed by atoms with Crippen LogP contribution in [0.2, 0.25) is 0 Å². The van der Waals surface area contributed by atoms with Gasteiger partial charge in [-0.15, -0.1) is 0 Å². The Morgan fingerprint density at radius 2 is 1.52 bits per heavy atom. The lowest BCUT2D eigenvalue weighted by Gasteiger charge is -2.53. The van der Waals surface area contributed by atoms with Crippen LogP contribution in [0.5, 0.6) is 0 Å². The van der Waals surface area contributed by atoms with Gasteiger partial charge in [-0.2, -0.15) is 0 Å². The van der Waals surface area contributed by atoms with Crippen LogP contribution < -0.4 is 0 Å². The lowest BCUT2D eigenvalue weighted by atomic mass is 9.56. The molecule has 0 aromatic rings. The van der Waals surface area contributed by atoms with Gasteiger partial charge in [-0.25, -0.2) is 0 Å². The van der Waals surface area contributed by atoms with Gasteiger partial charge in [0.15, 0.2) is 11.4 Å². The predicted octanol–water partition coefficient (Wildman–Crippen LogP) is 7.03. The molecule has 0 aromatic carbocycles. The third-order valence-electron chi connectivity index (χ3n) is 11.9. The number of hydrogen-bond acceptors (Lipinski definition) is 7. The number of esters is 2. The second-order valence-corrected chi connectivity index (χ2v) is 15.2. The van der Waals surface area contributed by atoms with E-state index in [0.717, 1.165) is 19.3 Å². The molecular weight excluding hydrogens is 556 g/mol. The van der Waals surface area contributed by atoms with Crippen molar-refractivity contribution in [1.29, 1.82) is 0 Å². The van der Waals surface area contributed by atoms with Gasteiger partial charge in [-0.05, 0) is 30.9 Å². The number of aliphatic hydroxyl groups excluding tert-OH is 1. The number of allylic oxidation sites excluding steroid dienone is 1. The first-order chi connectivity index (χ1) is 20.7. The van der Waals surface area contributed by atoms with E-state index in [2.05, 4.69) is 6.92 Å². The van der Waals surface area contributed by atoms with E-state index in [4.69, 9.17) is 9.47 Å². The van der Waals surface area contributed by atoms with Crippen LogP contribution in [-0.4, -0.2) is 51.8 Å². The smallest absolute Gasteiger partial charge is 0.306 e. The van der Waals surface area contributed by atoms with Crippen molar-refractivity contribution in [2.24, 2.45) is 34.5 Å². The van der Waals surface area contributed by atoms with Gasteiger partial charge in [-0.3, -0.25) is 14.4 Å². The molecule has 0 saturated heterocycles. The van der Waals surface area contributed by atoms with Crippen LogP contribution in [0.1, 0.15) is 132 Å². The Kier molecular flexibility index (Phi) is 10.6. The summed E-state index contributed by atoms with van der Waals surface area (Å²) in [7, 11) is 0. The van der Waals surface area contributed by atoms with Gasteiger partial charge in [0, 0.05) is 47.8 Å². The molecule has 7 heteroatoms. The molecule has 8 atom stereocenters. The second-order valence-electron chi connectivity index (χ2n) is 15.2. The Labute approximate surface area is 265 Å². The fourth-order valence-corrected chi connectivity index (χ4v) is 9.58. The first-order valence-corrected chi connectivity index (χ1v) is 17.4. The molecule has 0 heterocycles. The normalized spacial score (nSPS) is 36.8. The van der Waals surface area contributed by atoms with Gasteiger partial charge in [-0.1, -0.05) is 111 Å². The van der Waals surface area contributed by atoms with Crippen molar-refractivity contribution < 1.29 is 34.1 Å². The number of Topliss-reactive ketones (excluding diaryl/α,β-unsaturated/α-hetero) is 1. The maximum absolute atomic E-state index is 13.5. The number of fused-ring (bicyclic) bond motifs is 5. The molecule has 4 rings (SSSR count). The molecule has 0 aromatic heterocycles. The Hall–Kier alpha value is -1.99. The zero-order valence-corrected chi connectivity index (χ0v) is 28.4. The summed E-state index contributed by atoms with van der Waals surface area (Å²) in [5, 5.41) is 23.2. The molecule has 7 nitrogen and oxygen atoms in total. The fraction of sp³-hybridized carbons (Fsp3) is 0.811.